The van der Waals surface area contributed by atoms with Crippen molar-refractivity contribution < 1.29 is 9.13 Å². The van der Waals surface area contributed by atoms with Gasteiger partial charge < -0.3 is 10.1 Å². The summed E-state index contributed by atoms with van der Waals surface area (Å²) in [5, 5.41) is 3.32. The molecular formula is C17H17BrFNO. The molecule has 2 nitrogen and oxygen atoms in total. The zero-order valence-electron chi connectivity index (χ0n) is 12.0. The molecular weight excluding hydrogens is 333 g/mol. The topological polar surface area (TPSA) is 21.3 Å². The highest BCUT2D eigenvalue weighted by atomic mass is 79.9. The highest BCUT2D eigenvalue weighted by molar-refractivity contribution is 9.10. The Morgan fingerprint density at radius 2 is 2.05 bits per heavy atom. The van der Waals surface area contributed by atoms with Gasteiger partial charge in [0.05, 0.1) is 0 Å². The van der Waals surface area contributed by atoms with Crippen molar-refractivity contribution in [1.29, 1.82) is 0 Å². The SMILES string of the molecule is CNC1CC(c2ccc(C)c(F)c2)Oc2cc(Br)ccc21. The Morgan fingerprint density at radius 3 is 2.76 bits per heavy atom. The van der Waals surface area contributed by atoms with Crippen LogP contribution in [-0.2, 0) is 0 Å². The lowest BCUT2D eigenvalue weighted by Gasteiger charge is -2.32. The number of nitrogens with one attached hydrogen (secondary N) is 1. The first-order valence-corrected chi connectivity index (χ1v) is 7.77. The smallest absolute Gasteiger partial charge is 0.126 e. The molecule has 2 unspecified atom stereocenters. The number of fused-ring (bicyclic) bond motifs is 1. The minimum atomic E-state index is -0.183. The summed E-state index contributed by atoms with van der Waals surface area (Å²) in [7, 11) is 1.94. The predicted molar refractivity (Wildman–Crippen MR) is 85.1 cm³/mol. The molecule has 0 aliphatic carbocycles. The summed E-state index contributed by atoms with van der Waals surface area (Å²) in [4.78, 5) is 0. The van der Waals surface area contributed by atoms with Crippen LogP contribution in [0.5, 0.6) is 5.75 Å². The molecule has 2 atom stereocenters. The molecule has 0 aromatic heterocycles. The van der Waals surface area contributed by atoms with E-state index in [2.05, 4.69) is 27.3 Å². The van der Waals surface area contributed by atoms with Gasteiger partial charge in [0, 0.05) is 22.5 Å². The number of aryl methyl sites for hydroxylation is 1. The first-order valence-electron chi connectivity index (χ1n) is 6.98. The maximum Gasteiger partial charge on any atom is 0.126 e. The molecule has 1 aliphatic rings. The fourth-order valence-electron chi connectivity index (χ4n) is 2.73. The first kappa shape index (κ1) is 14.5. The van der Waals surface area contributed by atoms with Crippen molar-refractivity contribution in [2.45, 2.75) is 25.5 Å². The van der Waals surface area contributed by atoms with Crippen molar-refractivity contribution in [2.75, 3.05) is 7.05 Å². The summed E-state index contributed by atoms with van der Waals surface area (Å²) in [5.41, 5.74) is 2.68. The van der Waals surface area contributed by atoms with Crippen LogP contribution < -0.4 is 10.1 Å². The van der Waals surface area contributed by atoms with Crippen molar-refractivity contribution >= 4 is 15.9 Å². The van der Waals surface area contributed by atoms with E-state index in [1.165, 1.54) is 0 Å². The Balaban J connectivity index is 1.97. The van der Waals surface area contributed by atoms with Crippen LogP contribution in [0.2, 0.25) is 0 Å². The zero-order valence-corrected chi connectivity index (χ0v) is 13.6. The average Bonchev–Trinajstić information content (AvgIpc) is 2.48. The zero-order chi connectivity index (χ0) is 15.0. The van der Waals surface area contributed by atoms with Crippen LogP contribution >= 0.6 is 15.9 Å². The van der Waals surface area contributed by atoms with Gasteiger partial charge in [-0.15, -0.1) is 0 Å². The van der Waals surface area contributed by atoms with E-state index in [-0.39, 0.29) is 18.0 Å². The molecule has 0 spiro atoms. The Bertz CT molecular complexity index is 674. The van der Waals surface area contributed by atoms with Gasteiger partial charge in [0.2, 0.25) is 0 Å². The Kier molecular flexibility index (Phi) is 4.00. The molecule has 0 saturated heterocycles. The maximum atomic E-state index is 13.8. The Hall–Kier alpha value is -1.39. The molecule has 1 aliphatic heterocycles. The summed E-state index contributed by atoms with van der Waals surface area (Å²) >= 11 is 3.47. The molecule has 0 saturated carbocycles. The van der Waals surface area contributed by atoms with Gasteiger partial charge in [-0.1, -0.05) is 34.1 Å². The highest BCUT2D eigenvalue weighted by Gasteiger charge is 2.28. The summed E-state index contributed by atoms with van der Waals surface area (Å²) in [6.45, 7) is 1.77. The minimum Gasteiger partial charge on any atom is -0.485 e. The lowest BCUT2D eigenvalue weighted by atomic mass is 9.92. The average molecular weight is 350 g/mol. The fourth-order valence-corrected chi connectivity index (χ4v) is 3.07. The third kappa shape index (κ3) is 2.83. The quantitative estimate of drug-likeness (QED) is 0.849. The molecule has 1 heterocycles. The predicted octanol–water partition coefficient (Wildman–Crippen LogP) is 4.68. The van der Waals surface area contributed by atoms with E-state index in [1.54, 1.807) is 19.1 Å². The molecule has 1 N–H and O–H groups in total. The van der Waals surface area contributed by atoms with Gasteiger partial charge in [-0.2, -0.15) is 0 Å². The molecule has 110 valence electrons. The lowest BCUT2D eigenvalue weighted by Crippen LogP contribution is -2.26. The molecule has 2 aromatic rings. The highest BCUT2D eigenvalue weighted by Crippen LogP contribution is 2.41. The van der Waals surface area contributed by atoms with Crippen molar-refractivity contribution in [3.8, 4) is 5.75 Å². The maximum absolute atomic E-state index is 13.8. The largest absolute Gasteiger partial charge is 0.485 e. The monoisotopic (exact) mass is 349 g/mol. The van der Waals surface area contributed by atoms with Gasteiger partial charge in [-0.3, -0.25) is 0 Å². The normalized spacial score (nSPS) is 20.8. The molecule has 3 rings (SSSR count). The van der Waals surface area contributed by atoms with Crippen LogP contribution in [0.4, 0.5) is 4.39 Å². The van der Waals surface area contributed by atoms with Crippen LogP contribution in [-0.4, -0.2) is 7.05 Å². The lowest BCUT2D eigenvalue weighted by molar-refractivity contribution is 0.153. The van der Waals surface area contributed by atoms with Crippen LogP contribution in [0, 0.1) is 12.7 Å². The van der Waals surface area contributed by atoms with Gasteiger partial charge in [0.15, 0.2) is 0 Å². The first-order chi connectivity index (χ1) is 10.1. The van der Waals surface area contributed by atoms with Gasteiger partial charge >= 0.3 is 0 Å². The third-order valence-electron chi connectivity index (χ3n) is 3.99. The second-order valence-corrected chi connectivity index (χ2v) is 6.29. The van der Waals surface area contributed by atoms with E-state index in [9.17, 15) is 4.39 Å². The van der Waals surface area contributed by atoms with Gasteiger partial charge in [0.25, 0.3) is 0 Å². The van der Waals surface area contributed by atoms with Crippen LogP contribution in [0.1, 0.15) is 35.3 Å². The van der Waals surface area contributed by atoms with Crippen molar-refractivity contribution in [2.24, 2.45) is 0 Å². The number of halogens is 2. The molecule has 2 aromatic carbocycles. The Morgan fingerprint density at radius 1 is 1.24 bits per heavy atom. The van der Waals surface area contributed by atoms with Crippen LogP contribution in [0.25, 0.3) is 0 Å². The van der Waals surface area contributed by atoms with Crippen molar-refractivity contribution in [3.05, 3.63) is 63.4 Å². The number of benzene rings is 2. The standard InChI is InChI=1S/C17H17BrFNO/c1-10-3-4-11(7-14(10)19)16-9-15(20-2)13-6-5-12(18)8-17(13)21-16/h3-8,15-16,20H,9H2,1-2H3. The number of rotatable bonds is 2. The van der Waals surface area contributed by atoms with E-state index >= 15 is 0 Å². The molecule has 0 radical (unpaired) electrons. The minimum absolute atomic E-state index is 0.139. The van der Waals surface area contributed by atoms with Gasteiger partial charge in [0.1, 0.15) is 17.7 Å². The van der Waals surface area contributed by atoms with Crippen molar-refractivity contribution in [1.82, 2.24) is 5.32 Å². The molecule has 0 amide bonds. The second kappa shape index (κ2) is 5.78. The molecule has 4 heteroatoms. The second-order valence-electron chi connectivity index (χ2n) is 5.37. The summed E-state index contributed by atoms with van der Waals surface area (Å²) in [6.07, 6.45) is 0.646. The summed E-state index contributed by atoms with van der Waals surface area (Å²) < 4.78 is 20.9. The van der Waals surface area contributed by atoms with Gasteiger partial charge in [-0.25, -0.2) is 4.39 Å². The van der Waals surface area contributed by atoms with Crippen LogP contribution in [0.15, 0.2) is 40.9 Å². The van der Waals surface area contributed by atoms with Crippen LogP contribution in [0.3, 0.4) is 0 Å². The van der Waals surface area contributed by atoms with Gasteiger partial charge in [-0.05, 0) is 43.3 Å². The molecule has 0 bridgehead atoms. The molecule has 21 heavy (non-hydrogen) atoms. The Labute approximate surface area is 132 Å². The van der Waals surface area contributed by atoms with Crippen molar-refractivity contribution in [3.63, 3.8) is 0 Å². The van der Waals surface area contributed by atoms with E-state index in [0.29, 0.717) is 5.56 Å². The van der Waals surface area contributed by atoms with E-state index < -0.39 is 0 Å². The van der Waals surface area contributed by atoms with E-state index in [0.717, 1.165) is 27.8 Å². The number of hydrogen-bond donors (Lipinski definition) is 1. The van der Waals surface area contributed by atoms with E-state index in [4.69, 9.17) is 4.74 Å². The molecule has 0 fully saturated rings. The number of hydrogen-bond acceptors (Lipinski definition) is 2. The fraction of sp³-hybridized carbons (Fsp3) is 0.294. The number of ether oxygens (including phenoxy) is 1. The third-order valence-corrected chi connectivity index (χ3v) is 4.48. The summed E-state index contributed by atoms with van der Waals surface area (Å²) in [5.74, 6) is 0.665. The van der Waals surface area contributed by atoms with E-state index in [1.807, 2.05) is 25.2 Å². The summed E-state index contributed by atoms with van der Waals surface area (Å²) in [6, 6.07) is 11.6.